The molecule has 19 heavy (non-hydrogen) atoms. The summed E-state index contributed by atoms with van der Waals surface area (Å²) in [4.78, 5) is 15.5. The lowest BCUT2D eigenvalue weighted by Crippen LogP contribution is -2.19. The number of hydrogen-bond donors (Lipinski definition) is 1. The molecule has 1 heterocycles. The fourth-order valence-corrected chi connectivity index (χ4v) is 2.40. The van der Waals surface area contributed by atoms with Crippen LogP contribution < -0.4 is 0 Å². The number of carbonyl (C=O) groups is 1. The van der Waals surface area contributed by atoms with Crippen molar-refractivity contribution in [3.05, 3.63) is 65.5 Å². The predicted octanol–water partition coefficient (Wildman–Crippen LogP) is 2.79. The number of carboxylic acid groups (broad SMARTS) is 1. The molecule has 2 aromatic rings. The summed E-state index contributed by atoms with van der Waals surface area (Å²) in [6.45, 7) is 0. The fourth-order valence-electron chi connectivity index (χ4n) is 2.40. The molecular weight excluding hydrogens is 238 g/mol. The van der Waals surface area contributed by atoms with Gasteiger partial charge >= 0.3 is 5.97 Å². The normalized spacial score (nSPS) is 16.0. The predicted molar refractivity (Wildman–Crippen MR) is 72.0 cm³/mol. The molecule has 0 spiro atoms. The van der Waals surface area contributed by atoms with Crippen LogP contribution in [0, 0.1) is 0 Å². The maximum Gasteiger partial charge on any atom is 0.314 e. The van der Waals surface area contributed by atoms with Gasteiger partial charge in [-0.15, -0.1) is 0 Å². The van der Waals surface area contributed by atoms with Gasteiger partial charge in [-0.05, 0) is 36.1 Å². The van der Waals surface area contributed by atoms with Crippen molar-refractivity contribution in [2.45, 2.75) is 24.7 Å². The zero-order valence-corrected chi connectivity index (χ0v) is 10.5. The summed E-state index contributed by atoms with van der Waals surface area (Å²) >= 11 is 0. The van der Waals surface area contributed by atoms with Crippen LogP contribution in [0.1, 0.15) is 29.7 Å². The van der Waals surface area contributed by atoms with E-state index in [0.717, 1.165) is 36.1 Å². The Kier molecular flexibility index (Phi) is 2.82. The summed E-state index contributed by atoms with van der Waals surface area (Å²) in [5.74, 6) is -0.704. The molecule has 1 aliphatic carbocycles. The van der Waals surface area contributed by atoms with E-state index < -0.39 is 11.4 Å². The van der Waals surface area contributed by atoms with E-state index in [1.165, 1.54) is 0 Å². The van der Waals surface area contributed by atoms with Crippen molar-refractivity contribution in [3.8, 4) is 0 Å². The van der Waals surface area contributed by atoms with Gasteiger partial charge in [-0.1, -0.05) is 30.3 Å². The molecular formula is C16H15NO2. The third-order valence-electron chi connectivity index (χ3n) is 3.78. The molecule has 96 valence electrons. The van der Waals surface area contributed by atoms with Gasteiger partial charge in [0, 0.05) is 18.3 Å². The number of hydrogen-bond acceptors (Lipinski definition) is 2. The minimum absolute atomic E-state index is 0.608. The minimum Gasteiger partial charge on any atom is -0.481 e. The molecule has 0 bridgehead atoms. The number of pyridine rings is 1. The smallest absolute Gasteiger partial charge is 0.314 e. The van der Waals surface area contributed by atoms with Crippen LogP contribution in [-0.4, -0.2) is 16.1 Å². The molecule has 1 aromatic carbocycles. The number of rotatable bonds is 4. The average Bonchev–Trinajstić information content (AvgIpc) is 3.22. The number of carboxylic acids is 1. The Labute approximate surface area is 111 Å². The molecule has 0 amide bonds. The largest absolute Gasteiger partial charge is 0.481 e. The van der Waals surface area contributed by atoms with Crippen LogP contribution in [0.5, 0.6) is 0 Å². The molecule has 0 saturated heterocycles. The van der Waals surface area contributed by atoms with Crippen LogP contribution in [0.3, 0.4) is 0 Å². The summed E-state index contributed by atoms with van der Waals surface area (Å²) in [5, 5.41) is 9.25. The van der Waals surface area contributed by atoms with E-state index in [1.807, 2.05) is 42.5 Å². The van der Waals surface area contributed by atoms with Crippen molar-refractivity contribution in [1.82, 2.24) is 4.98 Å². The highest BCUT2D eigenvalue weighted by Crippen LogP contribution is 2.48. The Hall–Kier alpha value is -2.16. The van der Waals surface area contributed by atoms with Gasteiger partial charge in [0.1, 0.15) is 0 Å². The van der Waals surface area contributed by atoms with Crippen LogP contribution in [0.2, 0.25) is 0 Å². The monoisotopic (exact) mass is 253 g/mol. The van der Waals surface area contributed by atoms with Gasteiger partial charge < -0.3 is 5.11 Å². The maximum atomic E-state index is 11.2. The molecule has 1 aromatic heterocycles. The lowest BCUT2D eigenvalue weighted by Gasteiger charge is -2.10. The third-order valence-corrected chi connectivity index (χ3v) is 3.78. The quantitative estimate of drug-likeness (QED) is 0.911. The second-order valence-electron chi connectivity index (χ2n) is 5.08. The molecule has 0 radical (unpaired) electrons. The number of aromatic nitrogens is 1. The number of benzene rings is 1. The Morgan fingerprint density at radius 1 is 1.16 bits per heavy atom. The van der Waals surface area contributed by atoms with Gasteiger partial charge in [0.05, 0.1) is 5.41 Å². The third kappa shape index (κ3) is 2.24. The van der Waals surface area contributed by atoms with Crippen LogP contribution in [0.15, 0.2) is 48.7 Å². The van der Waals surface area contributed by atoms with E-state index in [0.29, 0.717) is 0 Å². The standard InChI is InChI=1S/C16H15NO2/c18-15(19)16(8-9-16)13-6-4-12(5-7-13)11-14-3-1-2-10-17-14/h1-7,10H,8-9,11H2,(H,18,19). The van der Waals surface area contributed by atoms with Gasteiger partial charge in [-0.2, -0.15) is 0 Å². The van der Waals surface area contributed by atoms with Crippen molar-refractivity contribution < 1.29 is 9.90 Å². The van der Waals surface area contributed by atoms with E-state index >= 15 is 0 Å². The van der Waals surface area contributed by atoms with Gasteiger partial charge in [0.25, 0.3) is 0 Å². The lowest BCUT2D eigenvalue weighted by atomic mass is 9.94. The van der Waals surface area contributed by atoms with Crippen molar-refractivity contribution in [3.63, 3.8) is 0 Å². The number of nitrogens with zero attached hydrogens (tertiary/aromatic N) is 1. The molecule has 3 nitrogen and oxygen atoms in total. The molecule has 1 saturated carbocycles. The first-order valence-electron chi connectivity index (χ1n) is 6.43. The molecule has 3 rings (SSSR count). The van der Waals surface area contributed by atoms with E-state index in [-0.39, 0.29) is 0 Å². The molecule has 1 aliphatic rings. The lowest BCUT2D eigenvalue weighted by molar-refractivity contribution is -0.140. The highest BCUT2D eigenvalue weighted by atomic mass is 16.4. The van der Waals surface area contributed by atoms with Crippen molar-refractivity contribution in [1.29, 1.82) is 0 Å². The molecule has 0 atom stereocenters. The van der Waals surface area contributed by atoms with E-state index in [4.69, 9.17) is 0 Å². The van der Waals surface area contributed by atoms with E-state index in [2.05, 4.69) is 4.98 Å². The van der Waals surface area contributed by atoms with Crippen molar-refractivity contribution in [2.75, 3.05) is 0 Å². The zero-order valence-electron chi connectivity index (χ0n) is 10.5. The van der Waals surface area contributed by atoms with Crippen LogP contribution >= 0.6 is 0 Å². The molecule has 0 unspecified atom stereocenters. The Bertz CT molecular complexity index is 586. The van der Waals surface area contributed by atoms with Gasteiger partial charge in [0.2, 0.25) is 0 Å². The Balaban J connectivity index is 1.78. The van der Waals surface area contributed by atoms with Crippen molar-refractivity contribution in [2.24, 2.45) is 0 Å². The second-order valence-corrected chi connectivity index (χ2v) is 5.08. The van der Waals surface area contributed by atoms with Crippen LogP contribution in [0.25, 0.3) is 0 Å². The average molecular weight is 253 g/mol. The first-order chi connectivity index (χ1) is 9.21. The van der Waals surface area contributed by atoms with E-state index in [9.17, 15) is 9.90 Å². The van der Waals surface area contributed by atoms with E-state index in [1.54, 1.807) is 6.20 Å². The summed E-state index contributed by atoms with van der Waals surface area (Å²) in [6, 6.07) is 13.8. The fraction of sp³-hybridized carbons (Fsp3) is 0.250. The molecule has 3 heteroatoms. The highest BCUT2D eigenvalue weighted by molar-refractivity contribution is 5.84. The van der Waals surface area contributed by atoms with Crippen LogP contribution in [-0.2, 0) is 16.6 Å². The summed E-state index contributed by atoms with van der Waals surface area (Å²) in [5.41, 5.74) is 2.49. The SMILES string of the molecule is O=C(O)C1(c2ccc(Cc3ccccn3)cc2)CC1. The van der Waals surface area contributed by atoms with Crippen molar-refractivity contribution >= 4 is 5.97 Å². The first kappa shape index (κ1) is 11.9. The first-order valence-corrected chi connectivity index (χ1v) is 6.43. The highest BCUT2D eigenvalue weighted by Gasteiger charge is 2.51. The number of aliphatic carboxylic acids is 1. The Morgan fingerprint density at radius 3 is 2.42 bits per heavy atom. The molecule has 0 aliphatic heterocycles. The zero-order chi connectivity index (χ0) is 13.3. The maximum absolute atomic E-state index is 11.2. The summed E-state index contributed by atoms with van der Waals surface area (Å²) in [7, 11) is 0. The minimum atomic E-state index is -0.704. The van der Waals surface area contributed by atoms with Gasteiger partial charge in [-0.3, -0.25) is 9.78 Å². The second kappa shape index (κ2) is 4.50. The summed E-state index contributed by atoms with van der Waals surface area (Å²) in [6.07, 6.45) is 4.07. The van der Waals surface area contributed by atoms with Gasteiger partial charge in [-0.25, -0.2) is 0 Å². The van der Waals surface area contributed by atoms with Gasteiger partial charge in [0.15, 0.2) is 0 Å². The van der Waals surface area contributed by atoms with Crippen LogP contribution in [0.4, 0.5) is 0 Å². The topological polar surface area (TPSA) is 50.2 Å². The summed E-state index contributed by atoms with van der Waals surface area (Å²) < 4.78 is 0. The Morgan fingerprint density at radius 2 is 1.89 bits per heavy atom. The molecule has 1 fully saturated rings. The molecule has 1 N–H and O–H groups in total.